The molecule has 7 heteroatoms. The summed E-state index contributed by atoms with van der Waals surface area (Å²) in [6.07, 6.45) is 4.95. The molecule has 0 bridgehead atoms. The fraction of sp³-hybridized carbons (Fsp3) is 0.615. The number of nitrogens with zero attached hydrogens (tertiary/aromatic N) is 3. The summed E-state index contributed by atoms with van der Waals surface area (Å²) in [7, 11) is 0. The molecule has 0 aromatic carbocycles. The Bertz CT molecular complexity index is 635. The number of rotatable bonds is 3. The van der Waals surface area contributed by atoms with Crippen molar-refractivity contribution in [3.05, 3.63) is 21.7 Å². The highest BCUT2D eigenvalue weighted by atomic mass is 32.1. The van der Waals surface area contributed by atoms with Gasteiger partial charge in [0.2, 0.25) is 5.82 Å². The first-order chi connectivity index (χ1) is 9.56. The Morgan fingerprint density at radius 2 is 2.25 bits per heavy atom. The van der Waals surface area contributed by atoms with Crippen molar-refractivity contribution in [1.29, 1.82) is 0 Å². The third-order valence-corrected chi connectivity index (χ3v) is 5.11. The summed E-state index contributed by atoms with van der Waals surface area (Å²) in [5.41, 5.74) is 0. The van der Waals surface area contributed by atoms with Crippen molar-refractivity contribution in [2.24, 2.45) is 11.8 Å². The van der Waals surface area contributed by atoms with E-state index in [2.05, 4.69) is 24.1 Å². The van der Waals surface area contributed by atoms with Crippen LogP contribution in [0.25, 0.3) is 4.96 Å². The van der Waals surface area contributed by atoms with Crippen molar-refractivity contribution in [2.45, 2.75) is 39.2 Å². The smallest absolute Gasteiger partial charge is 0.360 e. The molecule has 1 fully saturated rings. The third-order valence-electron chi connectivity index (χ3n) is 4.35. The van der Waals surface area contributed by atoms with Gasteiger partial charge in [0.1, 0.15) is 6.20 Å². The van der Waals surface area contributed by atoms with E-state index in [-0.39, 0.29) is 16.8 Å². The minimum absolute atomic E-state index is 0.0486. The van der Waals surface area contributed by atoms with Gasteiger partial charge in [-0.2, -0.15) is 9.38 Å². The normalized spacial score (nSPS) is 26.8. The SMILES string of the molecule is CC1CCC(Nc2nc3sccn3c2[N+](=O)[O-])CC1C. The fourth-order valence-corrected chi connectivity index (χ4v) is 3.63. The Morgan fingerprint density at radius 3 is 2.95 bits per heavy atom. The molecule has 2 heterocycles. The standard InChI is InChI=1S/C13H18N4O2S/c1-8-3-4-10(7-9(8)2)14-11-12(17(18)19)16-5-6-20-13(16)15-11/h5-6,8-10,14H,3-4,7H2,1-2H3. The molecule has 3 rings (SSSR count). The van der Waals surface area contributed by atoms with Gasteiger partial charge in [-0.25, -0.2) is 0 Å². The average Bonchev–Trinajstić information content (AvgIpc) is 2.93. The Balaban J connectivity index is 1.85. The zero-order valence-corrected chi connectivity index (χ0v) is 12.4. The molecule has 0 spiro atoms. The van der Waals surface area contributed by atoms with Crippen molar-refractivity contribution >= 4 is 27.9 Å². The molecule has 108 valence electrons. The minimum Gasteiger partial charge on any atom is -0.360 e. The highest BCUT2D eigenvalue weighted by Gasteiger charge is 2.29. The predicted octanol–water partition coefficient (Wildman–Crippen LogP) is 3.54. The molecule has 6 nitrogen and oxygen atoms in total. The summed E-state index contributed by atoms with van der Waals surface area (Å²) in [6.45, 7) is 4.52. The molecule has 1 aliphatic rings. The second kappa shape index (κ2) is 5.05. The van der Waals surface area contributed by atoms with Crippen molar-refractivity contribution < 1.29 is 4.92 Å². The minimum atomic E-state index is -0.357. The van der Waals surface area contributed by atoms with Crippen LogP contribution in [0, 0.1) is 22.0 Å². The van der Waals surface area contributed by atoms with E-state index in [4.69, 9.17) is 0 Å². The van der Waals surface area contributed by atoms with Crippen molar-refractivity contribution in [2.75, 3.05) is 5.32 Å². The number of imidazole rings is 1. The highest BCUT2D eigenvalue weighted by Crippen LogP contribution is 2.34. The van der Waals surface area contributed by atoms with Crippen molar-refractivity contribution in [3.8, 4) is 0 Å². The Kier molecular flexibility index (Phi) is 3.37. The van der Waals surface area contributed by atoms with E-state index in [1.165, 1.54) is 11.3 Å². The van der Waals surface area contributed by atoms with Gasteiger partial charge in [0.05, 0.1) is 0 Å². The first-order valence-corrected chi connectivity index (χ1v) is 7.80. The quantitative estimate of drug-likeness (QED) is 0.694. The molecule has 1 saturated carbocycles. The molecule has 0 aliphatic heterocycles. The molecule has 2 aromatic heterocycles. The van der Waals surface area contributed by atoms with Crippen LogP contribution in [0.15, 0.2) is 11.6 Å². The van der Waals surface area contributed by atoms with Crippen LogP contribution >= 0.6 is 11.3 Å². The molecule has 0 amide bonds. The van der Waals surface area contributed by atoms with Gasteiger partial charge in [-0.05, 0) is 36.0 Å². The number of aromatic nitrogens is 2. The highest BCUT2D eigenvalue weighted by molar-refractivity contribution is 7.15. The summed E-state index contributed by atoms with van der Waals surface area (Å²) in [5, 5.41) is 16.4. The van der Waals surface area contributed by atoms with Crippen LogP contribution in [0.1, 0.15) is 33.1 Å². The topological polar surface area (TPSA) is 72.5 Å². The molecule has 20 heavy (non-hydrogen) atoms. The van der Waals surface area contributed by atoms with E-state index in [1.807, 2.05) is 5.38 Å². The first kappa shape index (κ1) is 13.4. The second-order valence-electron chi connectivity index (χ2n) is 5.71. The average molecular weight is 294 g/mol. The Hall–Kier alpha value is -1.63. The van der Waals surface area contributed by atoms with Gasteiger partial charge in [-0.3, -0.25) is 0 Å². The van der Waals surface area contributed by atoms with E-state index in [0.717, 1.165) is 25.2 Å². The first-order valence-electron chi connectivity index (χ1n) is 6.92. The number of nitro groups is 1. The van der Waals surface area contributed by atoms with Crippen LogP contribution in [0.2, 0.25) is 0 Å². The number of fused-ring (bicyclic) bond motifs is 1. The van der Waals surface area contributed by atoms with Gasteiger partial charge in [0.25, 0.3) is 4.96 Å². The number of hydrogen-bond donors (Lipinski definition) is 1. The maximum Gasteiger partial charge on any atom is 0.372 e. The molecule has 0 saturated heterocycles. The summed E-state index contributed by atoms with van der Waals surface area (Å²) in [5.74, 6) is 1.83. The van der Waals surface area contributed by atoms with Gasteiger partial charge < -0.3 is 15.4 Å². The van der Waals surface area contributed by atoms with E-state index in [1.54, 1.807) is 10.6 Å². The van der Waals surface area contributed by atoms with Gasteiger partial charge >= 0.3 is 5.82 Å². The van der Waals surface area contributed by atoms with Gasteiger partial charge in [0.15, 0.2) is 0 Å². The van der Waals surface area contributed by atoms with Crippen molar-refractivity contribution in [1.82, 2.24) is 9.38 Å². The van der Waals surface area contributed by atoms with Crippen LogP contribution in [-0.4, -0.2) is 20.3 Å². The molecule has 3 unspecified atom stereocenters. The molecule has 1 N–H and O–H groups in total. The number of hydrogen-bond acceptors (Lipinski definition) is 5. The molecule has 0 radical (unpaired) electrons. The van der Waals surface area contributed by atoms with Crippen LogP contribution in [-0.2, 0) is 0 Å². The monoisotopic (exact) mass is 294 g/mol. The zero-order chi connectivity index (χ0) is 14.3. The summed E-state index contributed by atoms with van der Waals surface area (Å²) < 4.78 is 1.54. The van der Waals surface area contributed by atoms with Crippen LogP contribution in [0.4, 0.5) is 11.6 Å². The lowest BCUT2D eigenvalue weighted by Gasteiger charge is -2.32. The van der Waals surface area contributed by atoms with Gasteiger partial charge in [0, 0.05) is 11.4 Å². The van der Waals surface area contributed by atoms with E-state index >= 15 is 0 Å². The molecular weight excluding hydrogens is 276 g/mol. The maximum atomic E-state index is 11.3. The van der Waals surface area contributed by atoms with Crippen LogP contribution in [0.3, 0.4) is 0 Å². The van der Waals surface area contributed by atoms with Crippen LogP contribution in [0.5, 0.6) is 0 Å². The molecule has 3 atom stereocenters. The number of thiazole rings is 1. The predicted molar refractivity (Wildman–Crippen MR) is 79.3 cm³/mol. The molecule has 1 aliphatic carbocycles. The van der Waals surface area contributed by atoms with E-state index < -0.39 is 0 Å². The zero-order valence-electron chi connectivity index (χ0n) is 11.6. The Morgan fingerprint density at radius 1 is 1.45 bits per heavy atom. The van der Waals surface area contributed by atoms with E-state index in [0.29, 0.717) is 16.7 Å². The molecular formula is C13H18N4O2S. The van der Waals surface area contributed by atoms with E-state index in [9.17, 15) is 10.1 Å². The fourth-order valence-electron chi connectivity index (χ4n) is 2.92. The van der Waals surface area contributed by atoms with Gasteiger partial charge in [-0.15, -0.1) is 0 Å². The van der Waals surface area contributed by atoms with Gasteiger partial charge in [-0.1, -0.05) is 25.2 Å². The lowest BCUT2D eigenvalue weighted by atomic mass is 9.79. The second-order valence-corrected chi connectivity index (χ2v) is 6.58. The lowest BCUT2D eigenvalue weighted by Crippen LogP contribution is -2.30. The third kappa shape index (κ3) is 2.26. The lowest BCUT2D eigenvalue weighted by molar-refractivity contribution is -0.389. The maximum absolute atomic E-state index is 11.3. The summed E-state index contributed by atoms with van der Waals surface area (Å²) >= 11 is 1.41. The molecule has 2 aromatic rings. The summed E-state index contributed by atoms with van der Waals surface area (Å²) in [4.78, 5) is 15.9. The van der Waals surface area contributed by atoms with Crippen molar-refractivity contribution in [3.63, 3.8) is 0 Å². The number of nitrogens with one attached hydrogen (secondary N) is 1. The Labute approximate surface area is 121 Å². The summed E-state index contributed by atoms with van der Waals surface area (Å²) in [6, 6.07) is 0.282. The van der Waals surface area contributed by atoms with Crippen LogP contribution < -0.4 is 5.32 Å². The largest absolute Gasteiger partial charge is 0.372 e. The number of anilines is 1.